The van der Waals surface area contributed by atoms with Gasteiger partial charge in [-0.1, -0.05) is 18.2 Å². The Bertz CT molecular complexity index is 1340. The summed E-state index contributed by atoms with van der Waals surface area (Å²) in [6.07, 6.45) is 1.60. The Balaban J connectivity index is 2.59. The highest BCUT2D eigenvalue weighted by Gasteiger charge is 2.27. The Morgan fingerprint density at radius 1 is 1.03 bits per heavy atom. The number of carbonyl (C=O) groups is 1. The van der Waals surface area contributed by atoms with E-state index in [1.54, 1.807) is 38.1 Å². The summed E-state index contributed by atoms with van der Waals surface area (Å²) < 4.78 is 37.6. The van der Waals surface area contributed by atoms with Crippen molar-refractivity contribution in [2.75, 3.05) is 0 Å². The predicted molar refractivity (Wildman–Crippen MR) is 132 cm³/mol. The molecule has 3 rings (SSSR count). The summed E-state index contributed by atoms with van der Waals surface area (Å²) >= 11 is 13.3. The van der Waals surface area contributed by atoms with Crippen molar-refractivity contribution in [3.8, 4) is 5.75 Å². The van der Waals surface area contributed by atoms with E-state index in [-0.39, 0.29) is 26.5 Å². The van der Waals surface area contributed by atoms with E-state index in [9.17, 15) is 22.9 Å². The van der Waals surface area contributed by atoms with Crippen molar-refractivity contribution in [1.82, 2.24) is 0 Å². The quantitative estimate of drug-likeness (QED) is 0.372. The first-order chi connectivity index (χ1) is 14.4. The second-order valence-corrected chi connectivity index (χ2v) is 11.3. The summed E-state index contributed by atoms with van der Waals surface area (Å²) in [4.78, 5) is 12.0. The van der Waals surface area contributed by atoms with Gasteiger partial charge in [-0.05, 0) is 124 Å². The fraction of sp³-hybridized carbons (Fsp3) is 0.0952. The van der Waals surface area contributed by atoms with Gasteiger partial charge in [-0.2, -0.15) is 0 Å². The number of ketones is 1. The standard InChI is InChI=1S/C21H14Br4O5S/c1-9-12(7-14(22)20(26)18(9)24)17(11-5-3-4-6-16(11)31(28,29)30)13-8-15(23)21(27)19(25)10(13)2/h3-8,26H,1-2H3,(H,28,29,30)/p-1/b17-13-. The van der Waals surface area contributed by atoms with Gasteiger partial charge in [0.15, 0.2) is 0 Å². The van der Waals surface area contributed by atoms with Crippen molar-refractivity contribution in [2.24, 2.45) is 0 Å². The van der Waals surface area contributed by atoms with Gasteiger partial charge < -0.3 is 9.66 Å². The van der Waals surface area contributed by atoms with Crippen molar-refractivity contribution in [3.63, 3.8) is 0 Å². The molecule has 0 heterocycles. The minimum absolute atomic E-state index is 0.0145. The van der Waals surface area contributed by atoms with Crippen LogP contribution in [0.4, 0.5) is 0 Å². The van der Waals surface area contributed by atoms with E-state index >= 15 is 0 Å². The maximum atomic E-state index is 12.4. The lowest BCUT2D eigenvalue weighted by Crippen LogP contribution is -2.11. The van der Waals surface area contributed by atoms with Gasteiger partial charge in [0.2, 0.25) is 5.78 Å². The molecule has 2 aromatic rings. The topological polar surface area (TPSA) is 94.5 Å². The SMILES string of the molecule is CC1=C(Br)C(=O)C(Br)=C/C1=C(\c1ccccc1S(=O)(=O)[O-])c1cc(Br)c(O)c(Br)c1C. The van der Waals surface area contributed by atoms with Gasteiger partial charge in [0, 0.05) is 5.56 Å². The van der Waals surface area contributed by atoms with Crippen molar-refractivity contribution in [1.29, 1.82) is 0 Å². The Hall–Kier alpha value is -1.04. The van der Waals surface area contributed by atoms with Crippen molar-refractivity contribution < 1.29 is 22.9 Å². The van der Waals surface area contributed by atoms with E-state index in [0.717, 1.165) is 0 Å². The van der Waals surface area contributed by atoms with Gasteiger partial charge in [-0.25, -0.2) is 8.42 Å². The molecule has 0 aliphatic heterocycles. The molecule has 0 fully saturated rings. The first-order valence-corrected chi connectivity index (χ1v) is 13.2. The maximum Gasteiger partial charge on any atom is 0.207 e. The second-order valence-electron chi connectivity index (χ2n) is 6.69. The molecule has 2 aromatic carbocycles. The van der Waals surface area contributed by atoms with Crippen LogP contribution in [0.15, 0.2) is 70.4 Å². The van der Waals surface area contributed by atoms with Gasteiger partial charge in [-0.15, -0.1) is 0 Å². The Morgan fingerprint density at radius 3 is 2.26 bits per heavy atom. The number of carbonyl (C=O) groups excluding carboxylic acids is 1. The maximum absolute atomic E-state index is 12.4. The molecule has 162 valence electrons. The molecule has 0 saturated heterocycles. The third-order valence-corrected chi connectivity index (χ3v) is 8.84. The predicted octanol–water partition coefficient (Wildman–Crippen LogP) is 6.46. The number of halogens is 4. The second kappa shape index (κ2) is 9.07. The van der Waals surface area contributed by atoms with Crippen molar-refractivity contribution >= 4 is 85.2 Å². The lowest BCUT2D eigenvalue weighted by atomic mass is 9.85. The van der Waals surface area contributed by atoms with Crippen LogP contribution < -0.4 is 0 Å². The molecule has 0 saturated carbocycles. The average molecular weight is 697 g/mol. The first-order valence-electron chi connectivity index (χ1n) is 8.62. The summed E-state index contributed by atoms with van der Waals surface area (Å²) in [5.41, 5.74) is 2.90. The van der Waals surface area contributed by atoms with Crippen molar-refractivity contribution in [3.05, 3.63) is 82.2 Å². The third-order valence-electron chi connectivity index (χ3n) is 4.82. The fourth-order valence-corrected chi connectivity index (χ4v) is 6.17. The van der Waals surface area contributed by atoms with E-state index in [0.29, 0.717) is 41.3 Å². The monoisotopic (exact) mass is 693 g/mol. The minimum Gasteiger partial charge on any atom is -0.744 e. The summed E-state index contributed by atoms with van der Waals surface area (Å²) in [6, 6.07) is 7.54. The lowest BCUT2D eigenvalue weighted by Gasteiger charge is -2.24. The smallest absolute Gasteiger partial charge is 0.207 e. The molecule has 31 heavy (non-hydrogen) atoms. The van der Waals surface area contributed by atoms with Crippen LogP contribution in [0.5, 0.6) is 5.75 Å². The van der Waals surface area contributed by atoms with Gasteiger partial charge in [0.1, 0.15) is 15.9 Å². The van der Waals surface area contributed by atoms with Crippen molar-refractivity contribution in [2.45, 2.75) is 18.7 Å². The molecule has 0 atom stereocenters. The molecule has 0 radical (unpaired) electrons. The number of phenols is 1. The zero-order valence-corrected chi connectivity index (χ0v) is 23.1. The number of Topliss-reactive ketones (excluding diaryl/α,β-unsaturated/α-hetero) is 1. The molecule has 1 aliphatic rings. The van der Waals surface area contributed by atoms with Gasteiger partial charge in [-0.3, -0.25) is 4.79 Å². The van der Waals surface area contributed by atoms with Crippen LogP contribution in [-0.4, -0.2) is 23.9 Å². The number of hydrogen-bond acceptors (Lipinski definition) is 5. The van der Waals surface area contributed by atoms with Crippen LogP contribution in [-0.2, 0) is 14.9 Å². The number of phenolic OH excluding ortho intramolecular Hbond substituents is 1. The van der Waals surface area contributed by atoms with E-state index in [1.165, 1.54) is 12.1 Å². The highest BCUT2D eigenvalue weighted by atomic mass is 79.9. The Morgan fingerprint density at radius 2 is 1.65 bits per heavy atom. The molecule has 10 heteroatoms. The van der Waals surface area contributed by atoms with Gasteiger partial charge in [0.25, 0.3) is 0 Å². The van der Waals surface area contributed by atoms with Crippen LogP contribution in [0.1, 0.15) is 23.6 Å². The Kier molecular flexibility index (Phi) is 7.20. The number of hydrogen-bond donors (Lipinski definition) is 1. The van der Waals surface area contributed by atoms with Crippen LogP contribution in [0, 0.1) is 6.92 Å². The zero-order chi connectivity index (χ0) is 23.2. The first kappa shape index (κ1) is 24.6. The largest absolute Gasteiger partial charge is 0.744 e. The number of aromatic hydroxyl groups is 1. The highest BCUT2D eigenvalue weighted by molar-refractivity contribution is 9.13. The summed E-state index contributed by atoms with van der Waals surface area (Å²) in [7, 11) is -4.81. The molecule has 0 amide bonds. The third kappa shape index (κ3) is 4.56. The van der Waals surface area contributed by atoms with Gasteiger partial charge >= 0.3 is 0 Å². The molecule has 0 aromatic heterocycles. The number of benzene rings is 2. The molecule has 1 N–H and O–H groups in total. The average Bonchev–Trinajstić information content (AvgIpc) is 2.72. The molecule has 1 aliphatic carbocycles. The molecular weight excluding hydrogens is 684 g/mol. The summed E-state index contributed by atoms with van der Waals surface area (Å²) in [5.74, 6) is -0.269. The van der Waals surface area contributed by atoms with E-state index < -0.39 is 10.1 Å². The fourth-order valence-electron chi connectivity index (χ4n) is 3.24. The molecule has 0 spiro atoms. The van der Waals surface area contributed by atoms with Gasteiger partial charge in [0.05, 0.1) is 22.8 Å². The van der Waals surface area contributed by atoms with Crippen LogP contribution in [0.25, 0.3) is 5.57 Å². The minimum atomic E-state index is -4.81. The van der Waals surface area contributed by atoms with Crippen LogP contribution >= 0.6 is 63.7 Å². The highest BCUT2D eigenvalue weighted by Crippen LogP contribution is 2.45. The van der Waals surface area contributed by atoms with E-state index in [1.807, 2.05) is 0 Å². The van der Waals surface area contributed by atoms with E-state index in [2.05, 4.69) is 63.7 Å². The zero-order valence-electron chi connectivity index (χ0n) is 16.0. The Labute approximate surface area is 213 Å². The number of allylic oxidation sites excluding steroid dienone is 5. The van der Waals surface area contributed by atoms with Crippen LogP contribution in [0.2, 0.25) is 0 Å². The molecular formula is C21H13Br4O5S-. The van der Waals surface area contributed by atoms with Crippen LogP contribution in [0.3, 0.4) is 0 Å². The van der Waals surface area contributed by atoms with E-state index in [4.69, 9.17) is 0 Å². The summed E-state index contributed by atoms with van der Waals surface area (Å²) in [5, 5.41) is 10.3. The summed E-state index contributed by atoms with van der Waals surface area (Å²) in [6.45, 7) is 3.47. The normalized spacial score (nSPS) is 16.5. The number of rotatable bonds is 3. The molecule has 0 bridgehead atoms. The molecule has 5 nitrogen and oxygen atoms in total. The lowest BCUT2D eigenvalue weighted by molar-refractivity contribution is -0.111. The molecule has 0 unspecified atom stereocenters.